The van der Waals surface area contributed by atoms with E-state index in [1.165, 1.54) is 12.1 Å². The zero-order chi connectivity index (χ0) is 18.8. The van der Waals surface area contributed by atoms with E-state index in [4.69, 9.17) is 0 Å². The Hall–Kier alpha value is -3.49. The van der Waals surface area contributed by atoms with Crippen LogP contribution < -0.4 is 11.2 Å². The average Bonchev–Trinajstić information content (AvgIpc) is 3.10. The molecule has 9 heteroatoms. The number of H-pyrrole nitrogens is 2. The van der Waals surface area contributed by atoms with Gasteiger partial charge in [0.1, 0.15) is 11.5 Å². The lowest BCUT2D eigenvalue weighted by atomic mass is 9.95. The quantitative estimate of drug-likeness (QED) is 0.706. The van der Waals surface area contributed by atoms with E-state index in [1.807, 2.05) is 30.3 Å². The van der Waals surface area contributed by atoms with Crippen molar-refractivity contribution in [2.45, 2.75) is 18.8 Å². The van der Waals surface area contributed by atoms with Crippen LogP contribution in [0.3, 0.4) is 0 Å². The summed E-state index contributed by atoms with van der Waals surface area (Å²) in [5.41, 5.74) is 0.367. The van der Waals surface area contributed by atoms with Gasteiger partial charge < -0.3 is 4.90 Å². The smallest absolute Gasteiger partial charge is 0.337 e. The highest BCUT2D eigenvalue weighted by Crippen LogP contribution is 2.27. The lowest BCUT2D eigenvalue weighted by molar-refractivity contribution is 0.0703. The number of carbonyl (C=O) groups excluding carboxylic acids is 1. The largest absolute Gasteiger partial charge is 0.347 e. The van der Waals surface area contributed by atoms with Crippen molar-refractivity contribution in [1.29, 1.82) is 0 Å². The fourth-order valence-corrected chi connectivity index (χ4v) is 3.38. The molecule has 0 aliphatic carbocycles. The molecular formula is C18H18N6O3. The van der Waals surface area contributed by atoms with Crippen molar-refractivity contribution < 1.29 is 4.79 Å². The third-order valence-corrected chi connectivity index (χ3v) is 4.76. The fraction of sp³-hybridized carbons (Fsp3) is 0.278. The van der Waals surface area contributed by atoms with E-state index in [9.17, 15) is 14.4 Å². The molecule has 0 spiro atoms. The lowest BCUT2D eigenvalue weighted by Crippen LogP contribution is -2.39. The summed E-state index contributed by atoms with van der Waals surface area (Å²) in [5.74, 6) is 0.532. The first-order valence-electron chi connectivity index (χ1n) is 8.71. The van der Waals surface area contributed by atoms with E-state index in [1.54, 1.807) is 9.47 Å². The number of aromatic nitrogens is 5. The zero-order valence-corrected chi connectivity index (χ0v) is 14.5. The fourth-order valence-electron chi connectivity index (χ4n) is 3.38. The Balaban J connectivity index is 1.50. The molecule has 138 valence electrons. The van der Waals surface area contributed by atoms with Crippen LogP contribution in [0.5, 0.6) is 0 Å². The van der Waals surface area contributed by atoms with E-state index in [2.05, 4.69) is 20.4 Å². The van der Waals surface area contributed by atoms with Crippen molar-refractivity contribution in [3.05, 3.63) is 74.8 Å². The van der Waals surface area contributed by atoms with Crippen LogP contribution in [0, 0.1) is 0 Å². The van der Waals surface area contributed by atoms with E-state index in [0.717, 1.165) is 5.69 Å². The highest BCUT2D eigenvalue weighted by molar-refractivity contribution is 5.92. The molecule has 3 heterocycles. The van der Waals surface area contributed by atoms with Gasteiger partial charge in [-0.05, 0) is 31.0 Å². The number of likely N-dealkylation sites (tertiary alicyclic amines) is 1. The summed E-state index contributed by atoms with van der Waals surface area (Å²) in [6, 6.07) is 12.1. The molecule has 1 saturated heterocycles. The van der Waals surface area contributed by atoms with Gasteiger partial charge in [0.15, 0.2) is 0 Å². The van der Waals surface area contributed by atoms with Crippen molar-refractivity contribution in [1.82, 2.24) is 29.9 Å². The molecule has 1 aliphatic rings. The molecule has 0 radical (unpaired) electrons. The van der Waals surface area contributed by atoms with Gasteiger partial charge in [-0.1, -0.05) is 18.2 Å². The number of para-hydroxylation sites is 1. The van der Waals surface area contributed by atoms with E-state index >= 15 is 0 Å². The number of carbonyl (C=O) groups is 1. The number of piperidine rings is 1. The lowest BCUT2D eigenvalue weighted by Gasteiger charge is -2.31. The highest BCUT2D eigenvalue weighted by atomic mass is 16.2. The van der Waals surface area contributed by atoms with Gasteiger partial charge in [-0.3, -0.25) is 9.59 Å². The summed E-state index contributed by atoms with van der Waals surface area (Å²) < 4.78 is 1.59. The topological polar surface area (TPSA) is 117 Å². The maximum atomic E-state index is 12.5. The summed E-state index contributed by atoms with van der Waals surface area (Å²) in [4.78, 5) is 37.5. The molecular weight excluding hydrogens is 348 g/mol. The standard InChI is InChI=1S/C18H18N6O3/c25-15-7-6-14(19-20-15)17(26)23-10-8-12(9-11-23)16-21-22-18(27)24(16)13-4-2-1-3-5-13/h1-7,12H,8-11H2,(H,20,25)(H,22,27). The predicted molar refractivity (Wildman–Crippen MR) is 96.9 cm³/mol. The van der Waals surface area contributed by atoms with Gasteiger partial charge in [-0.2, -0.15) is 10.2 Å². The maximum Gasteiger partial charge on any atom is 0.347 e. The Morgan fingerprint density at radius 1 is 0.963 bits per heavy atom. The van der Waals surface area contributed by atoms with Crippen LogP contribution in [0.4, 0.5) is 0 Å². The number of amides is 1. The predicted octanol–water partition coefficient (Wildman–Crippen LogP) is 0.664. The number of rotatable bonds is 3. The van der Waals surface area contributed by atoms with Crippen LogP contribution in [0.1, 0.15) is 35.1 Å². The van der Waals surface area contributed by atoms with Crippen molar-refractivity contribution in [3.8, 4) is 5.69 Å². The molecule has 0 saturated carbocycles. The highest BCUT2D eigenvalue weighted by Gasteiger charge is 2.29. The molecule has 1 amide bonds. The number of nitrogens with zero attached hydrogens (tertiary/aromatic N) is 4. The van der Waals surface area contributed by atoms with Crippen LogP contribution in [-0.2, 0) is 0 Å². The van der Waals surface area contributed by atoms with Gasteiger partial charge in [-0.15, -0.1) is 0 Å². The van der Waals surface area contributed by atoms with E-state index in [-0.39, 0.29) is 28.8 Å². The van der Waals surface area contributed by atoms with Crippen molar-refractivity contribution in [2.75, 3.05) is 13.1 Å². The number of benzene rings is 1. The minimum Gasteiger partial charge on any atom is -0.337 e. The third kappa shape index (κ3) is 3.31. The van der Waals surface area contributed by atoms with Gasteiger partial charge in [0.25, 0.3) is 11.5 Å². The normalized spacial score (nSPS) is 15.0. The van der Waals surface area contributed by atoms with Crippen LogP contribution in [-0.4, -0.2) is 48.9 Å². The van der Waals surface area contributed by atoms with Crippen LogP contribution in [0.25, 0.3) is 5.69 Å². The second kappa shape index (κ2) is 7.02. The van der Waals surface area contributed by atoms with Crippen molar-refractivity contribution in [3.63, 3.8) is 0 Å². The first kappa shape index (κ1) is 17.0. The van der Waals surface area contributed by atoms with Crippen molar-refractivity contribution in [2.24, 2.45) is 0 Å². The van der Waals surface area contributed by atoms with Crippen LogP contribution in [0.15, 0.2) is 52.1 Å². The van der Waals surface area contributed by atoms with Crippen LogP contribution in [0.2, 0.25) is 0 Å². The third-order valence-electron chi connectivity index (χ3n) is 4.76. The molecule has 1 aromatic carbocycles. The van der Waals surface area contributed by atoms with Gasteiger partial charge in [-0.25, -0.2) is 19.6 Å². The number of hydrogen-bond acceptors (Lipinski definition) is 5. The molecule has 2 aromatic heterocycles. The molecule has 3 aromatic rings. The van der Waals surface area contributed by atoms with Crippen LogP contribution >= 0.6 is 0 Å². The monoisotopic (exact) mass is 366 g/mol. The summed E-state index contributed by atoms with van der Waals surface area (Å²) in [6.07, 6.45) is 1.37. The van der Waals surface area contributed by atoms with E-state index < -0.39 is 0 Å². The van der Waals surface area contributed by atoms with E-state index in [0.29, 0.717) is 31.8 Å². The number of nitrogens with one attached hydrogen (secondary N) is 2. The Morgan fingerprint density at radius 2 is 1.70 bits per heavy atom. The molecule has 27 heavy (non-hydrogen) atoms. The summed E-state index contributed by atoms with van der Waals surface area (Å²) in [5, 5.41) is 12.8. The molecule has 1 fully saturated rings. The van der Waals surface area contributed by atoms with Gasteiger partial charge in [0, 0.05) is 25.1 Å². The van der Waals surface area contributed by atoms with Gasteiger partial charge >= 0.3 is 5.69 Å². The Morgan fingerprint density at radius 3 is 2.37 bits per heavy atom. The summed E-state index contributed by atoms with van der Waals surface area (Å²) in [6.45, 7) is 1.06. The Bertz CT molecular complexity index is 1040. The maximum absolute atomic E-state index is 12.5. The second-order valence-corrected chi connectivity index (χ2v) is 6.43. The minimum absolute atomic E-state index is 0.0664. The molecule has 1 aliphatic heterocycles. The average molecular weight is 366 g/mol. The summed E-state index contributed by atoms with van der Waals surface area (Å²) >= 11 is 0. The molecule has 0 atom stereocenters. The molecule has 0 bridgehead atoms. The number of aromatic amines is 2. The first-order valence-corrected chi connectivity index (χ1v) is 8.71. The zero-order valence-electron chi connectivity index (χ0n) is 14.5. The van der Waals surface area contributed by atoms with Gasteiger partial charge in [0.2, 0.25) is 0 Å². The number of hydrogen-bond donors (Lipinski definition) is 2. The molecule has 4 rings (SSSR count). The first-order chi connectivity index (χ1) is 13.1. The molecule has 0 unspecified atom stereocenters. The molecule has 9 nitrogen and oxygen atoms in total. The molecule has 2 N–H and O–H groups in total. The Labute approximate surface area is 153 Å². The van der Waals surface area contributed by atoms with Crippen molar-refractivity contribution >= 4 is 5.91 Å². The SMILES string of the molecule is O=C(c1ccc(=O)[nH]n1)N1CCC(c2n[nH]c(=O)n2-c2ccccc2)CC1. The minimum atomic E-state index is -0.345. The second-order valence-electron chi connectivity index (χ2n) is 6.43. The van der Waals surface area contributed by atoms with Gasteiger partial charge in [0.05, 0.1) is 5.69 Å². The Kier molecular flexibility index (Phi) is 4.41. The summed E-state index contributed by atoms with van der Waals surface area (Å²) in [7, 11) is 0.